The van der Waals surface area contributed by atoms with Crippen molar-refractivity contribution >= 4 is 18.3 Å². The van der Waals surface area contributed by atoms with E-state index in [0.717, 1.165) is 37.2 Å². The van der Waals surface area contributed by atoms with Crippen LogP contribution in [-0.2, 0) is 9.59 Å². The van der Waals surface area contributed by atoms with Crippen LogP contribution in [0.2, 0.25) is 0 Å². The third-order valence-corrected chi connectivity index (χ3v) is 2.37. The van der Waals surface area contributed by atoms with Crippen molar-refractivity contribution in [3.63, 3.8) is 0 Å². The summed E-state index contributed by atoms with van der Waals surface area (Å²) in [5.41, 5.74) is 2.01. The molecule has 0 aliphatic rings. The monoisotopic (exact) mass is 262 g/mol. The number of carbonyl (C=O) groups excluding carboxylic acids is 1. The Bertz CT molecular complexity index is 390. The molecule has 0 radical (unpaired) electrons. The number of hydrogen-bond acceptors (Lipinski definition) is 2. The normalized spacial score (nSPS) is 10.3. The van der Waals surface area contributed by atoms with Crippen LogP contribution in [0.25, 0.3) is 6.08 Å². The van der Waals surface area contributed by atoms with Gasteiger partial charge in [-0.25, -0.2) is 0 Å². The van der Waals surface area contributed by atoms with Crippen LogP contribution in [0.3, 0.4) is 0 Å². The molecule has 19 heavy (non-hydrogen) atoms. The molecule has 1 rings (SSSR count). The van der Waals surface area contributed by atoms with E-state index in [0.29, 0.717) is 0 Å². The van der Waals surface area contributed by atoms with E-state index in [1.807, 2.05) is 36.4 Å². The Kier molecular flexibility index (Phi) is 10.1. The highest BCUT2D eigenvalue weighted by Crippen LogP contribution is 2.11. The van der Waals surface area contributed by atoms with Crippen molar-refractivity contribution in [1.82, 2.24) is 0 Å². The molecule has 0 spiro atoms. The highest BCUT2D eigenvalue weighted by Gasteiger charge is 1.95. The fourth-order valence-electron chi connectivity index (χ4n) is 1.51. The van der Waals surface area contributed by atoms with Gasteiger partial charge in [0.25, 0.3) is 5.97 Å². The SMILES string of the molecule is CC(=O)O.CCCCC/C(C=O)=C/c1ccccc1. The lowest BCUT2D eigenvalue weighted by Crippen LogP contribution is -1.86. The van der Waals surface area contributed by atoms with E-state index < -0.39 is 5.97 Å². The van der Waals surface area contributed by atoms with Gasteiger partial charge < -0.3 is 5.11 Å². The number of hydrogen-bond donors (Lipinski definition) is 1. The third kappa shape index (κ3) is 10.9. The van der Waals surface area contributed by atoms with Crippen molar-refractivity contribution in [2.45, 2.75) is 39.5 Å². The van der Waals surface area contributed by atoms with Crippen LogP contribution in [0.5, 0.6) is 0 Å². The first-order chi connectivity index (χ1) is 9.10. The molecule has 0 bridgehead atoms. The maximum atomic E-state index is 10.8. The van der Waals surface area contributed by atoms with E-state index in [4.69, 9.17) is 9.90 Å². The number of carbonyl (C=O) groups is 2. The van der Waals surface area contributed by atoms with Gasteiger partial charge in [-0.3, -0.25) is 9.59 Å². The quantitative estimate of drug-likeness (QED) is 0.480. The average molecular weight is 262 g/mol. The molecule has 0 atom stereocenters. The van der Waals surface area contributed by atoms with Crippen molar-refractivity contribution in [3.8, 4) is 0 Å². The molecule has 104 valence electrons. The molecule has 1 aromatic rings. The molecular formula is C16H22O3. The number of rotatable bonds is 6. The molecule has 0 heterocycles. The summed E-state index contributed by atoms with van der Waals surface area (Å²) in [6.07, 6.45) is 7.34. The van der Waals surface area contributed by atoms with Crippen LogP contribution in [0.1, 0.15) is 45.1 Å². The topological polar surface area (TPSA) is 54.4 Å². The summed E-state index contributed by atoms with van der Waals surface area (Å²) >= 11 is 0. The molecule has 3 nitrogen and oxygen atoms in total. The van der Waals surface area contributed by atoms with Crippen molar-refractivity contribution in [2.24, 2.45) is 0 Å². The first kappa shape index (κ1) is 17.1. The van der Waals surface area contributed by atoms with Crippen molar-refractivity contribution in [2.75, 3.05) is 0 Å². The van der Waals surface area contributed by atoms with Gasteiger partial charge >= 0.3 is 0 Å². The zero-order valence-corrected chi connectivity index (χ0v) is 11.6. The second-order valence-electron chi connectivity index (χ2n) is 4.22. The maximum absolute atomic E-state index is 10.8. The predicted molar refractivity (Wildman–Crippen MR) is 77.9 cm³/mol. The third-order valence-electron chi connectivity index (χ3n) is 2.37. The molecule has 0 saturated heterocycles. The minimum Gasteiger partial charge on any atom is -0.481 e. The van der Waals surface area contributed by atoms with E-state index in [1.165, 1.54) is 12.8 Å². The van der Waals surface area contributed by atoms with E-state index in [-0.39, 0.29) is 0 Å². The standard InChI is InChI=1S/C14H18O.C2H4O2/c1-2-3-5-10-14(12-15)11-13-8-6-4-7-9-13;1-2(3)4/h4,6-9,11-12H,2-3,5,10H2,1H3;1H3,(H,3,4)/b14-11-;. The van der Waals surface area contributed by atoms with Crippen LogP contribution < -0.4 is 0 Å². The summed E-state index contributed by atoms with van der Waals surface area (Å²) in [5, 5.41) is 7.42. The van der Waals surface area contributed by atoms with Crippen LogP contribution in [0.15, 0.2) is 35.9 Å². The fourth-order valence-corrected chi connectivity index (χ4v) is 1.51. The maximum Gasteiger partial charge on any atom is 0.300 e. The number of aldehydes is 1. The largest absolute Gasteiger partial charge is 0.481 e. The van der Waals surface area contributed by atoms with Gasteiger partial charge in [-0.1, -0.05) is 50.1 Å². The molecule has 0 amide bonds. The molecule has 0 saturated carbocycles. The number of carboxylic acids is 1. The van der Waals surface area contributed by atoms with Gasteiger partial charge in [0.15, 0.2) is 0 Å². The molecule has 1 aromatic carbocycles. The van der Waals surface area contributed by atoms with Crippen LogP contribution in [-0.4, -0.2) is 17.4 Å². The average Bonchev–Trinajstić information content (AvgIpc) is 2.38. The van der Waals surface area contributed by atoms with Crippen molar-refractivity contribution in [3.05, 3.63) is 41.5 Å². The molecular weight excluding hydrogens is 240 g/mol. The molecule has 1 N–H and O–H groups in total. The second kappa shape index (κ2) is 11.2. The Morgan fingerprint density at radius 1 is 1.21 bits per heavy atom. The smallest absolute Gasteiger partial charge is 0.300 e. The van der Waals surface area contributed by atoms with E-state index in [9.17, 15) is 4.79 Å². The number of unbranched alkanes of at least 4 members (excludes halogenated alkanes) is 2. The van der Waals surface area contributed by atoms with Gasteiger partial charge in [0.2, 0.25) is 0 Å². The summed E-state index contributed by atoms with van der Waals surface area (Å²) in [4.78, 5) is 19.8. The summed E-state index contributed by atoms with van der Waals surface area (Å²) in [7, 11) is 0. The Hall–Kier alpha value is -1.90. The highest BCUT2D eigenvalue weighted by atomic mass is 16.4. The number of carboxylic acid groups (broad SMARTS) is 1. The Morgan fingerprint density at radius 2 is 1.79 bits per heavy atom. The zero-order chi connectivity index (χ0) is 14.5. The lowest BCUT2D eigenvalue weighted by molar-refractivity contribution is -0.134. The first-order valence-corrected chi connectivity index (χ1v) is 6.50. The number of aliphatic carboxylic acids is 1. The minimum atomic E-state index is -0.833. The highest BCUT2D eigenvalue weighted by molar-refractivity contribution is 5.81. The summed E-state index contributed by atoms with van der Waals surface area (Å²) in [6.45, 7) is 3.25. The van der Waals surface area contributed by atoms with Crippen LogP contribution >= 0.6 is 0 Å². The van der Waals surface area contributed by atoms with Crippen LogP contribution in [0.4, 0.5) is 0 Å². The molecule has 0 aromatic heterocycles. The van der Waals surface area contributed by atoms with Crippen molar-refractivity contribution in [1.29, 1.82) is 0 Å². The van der Waals surface area contributed by atoms with Gasteiger partial charge in [0, 0.05) is 6.92 Å². The zero-order valence-electron chi connectivity index (χ0n) is 11.6. The molecule has 0 aliphatic carbocycles. The minimum absolute atomic E-state index is 0.833. The van der Waals surface area contributed by atoms with Crippen LogP contribution in [0, 0.1) is 0 Å². The van der Waals surface area contributed by atoms with Crippen molar-refractivity contribution < 1.29 is 14.7 Å². The molecule has 3 heteroatoms. The molecule has 0 aliphatic heterocycles. The van der Waals surface area contributed by atoms with E-state index in [2.05, 4.69) is 6.92 Å². The lowest BCUT2D eigenvalue weighted by atomic mass is 10.1. The van der Waals surface area contributed by atoms with Gasteiger partial charge in [-0.05, 0) is 30.1 Å². The molecule has 0 fully saturated rings. The Morgan fingerprint density at radius 3 is 2.26 bits per heavy atom. The summed E-state index contributed by atoms with van der Waals surface area (Å²) in [6, 6.07) is 9.99. The summed E-state index contributed by atoms with van der Waals surface area (Å²) in [5.74, 6) is -0.833. The van der Waals surface area contributed by atoms with Gasteiger partial charge in [0.1, 0.15) is 6.29 Å². The first-order valence-electron chi connectivity index (χ1n) is 6.50. The van der Waals surface area contributed by atoms with E-state index >= 15 is 0 Å². The van der Waals surface area contributed by atoms with Gasteiger partial charge in [0.05, 0.1) is 0 Å². The lowest BCUT2D eigenvalue weighted by Gasteiger charge is -1.99. The Balaban J connectivity index is 0.000000711. The number of benzene rings is 1. The predicted octanol–water partition coefficient (Wildman–Crippen LogP) is 3.94. The number of allylic oxidation sites excluding steroid dienone is 1. The second-order valence-corrected chi connectivity index (χ2v) is 4.22. The Labute approximate surface area is 115 Å². The molecule has 0 unspecified atom stereocenters. The fraction of sp³-hybridized carbons (Fsp3) is 0.375. The van der Waals surface area contributed by atoms with Gasteiger partial charge in [-0.2, -0.15) is 0 Å². The summed E-state index contributed by atoms with van der Waals surface area (Å²) < 4.78 is 0. The van der Waals surface area contributed by atoms with Gasteiger partial charge in [-0.15, -0.1) is 0 Å². The van der Waals surface area contributed by atoms with E-state index in [1.54, 1.807) is 0 Å².